The van der Waals surface area contributed by atoms with Gasteiger partial charge >= 0.3 is 0 Å². The lowest BCUT2D eigenvalue weighted by Crippen LogP contribution is -2.28. The van der Waals surface area contributed by atoms with Crippen LogP contribution < -0.4 is 11.1 Å². The molecule has 0 aliphatic heterocycles. The topological polar surface area (TPSA) is 80.9 Å². The number of carbonyl (C=O) groups is 1. The van der Waals surface area contributed by atoms with E-state index in [0.717, 1.165) is 5.92 Å². The minimum absolute atomic E-state index is 0.181. The van der Waals surface area contributed by atoms with E-state index in [9.17, 15) is 4.79 Å². The van der Waals surface area contributed by atoms with Gasteiger partial charge in [0.2, 0.25) is 0 Å². The highest BCUT2D eigenvalue weighted by atomic mass is 16.1. The number of nitrogens with two attached hydrogens (primary N) is 1. The smallest absolute Gasteiger partial charge is 0.272 e. The molecule has 0 saturated heterocycles. The van der Waals surface area contributed by atoms with Gasteiger partial charge in [0.15, 0.2) is 5.69 Å². The Morgan fingerprint density at radius 2 is 2.28 bits per heavy atom. The molecule has 1 aliphatic rings. The molecule has 1 heterocycles. The summed E-state index contributed by atoms with van der Waals surface area (Å²) in [6.45, 7) is 6.87. The summed E-state index contributed by atoms with van der Waals surface area (Å²) in [5, 5.41) is 2.89. The molecule has 1 aromatic heterocycles. The predicted octanol–water partition coefficient (Wildman–Crippen LogP) is 1.57. The average molecular weight is 248 g/mol. The summed E-state index contributed by atoms with van der Waals surface area (Å²) in [7, 11) is 0. The van der Waals surface area contributed by atoms with Gasteiger partial charge in [0.1, 0.15) is 5.82 Å². The molecule has 0 aromatic carbocycles. The molecular weight excluding hydrogens is 228 g/mol. The van der Waals surface area contributed by atoms with Crippen molar-refractivity contribution in [1.82, 2.24) is 15.3 Å². The summed E-state index contributed by atoms with van der Waals surface area (Å²) in [6.07, 6.45) is 2.70. The third kappa shape index (κ3) is 2.78. The van der Waals surface area contributed by atoms with E-state index in [-0.39, 0.29) is 11.8 Å². The van der Waals surface area contributed by atoms with Crippen molar-refractivity contribution in [1.29, 1.82) is 0 Å². The van der Waals surface area contributed by atoms with Gasteiger partial charge in [0.05, 0.1) is 11.9 Å². The Morgan fingerprint density at radius 3 is 2.83 bits per heavy atom. The van der Waals surface area contributed by atoms with E-state index < -0.39 is 0 Å². The van der Waals surface area contributed by atoms with Crippen LogP contribution in [0.1, 0.15) is 49.4 Å². The molecule has 1 amide bonds. The number of aromatic nitrogens is 2. The molecule has 0 spiro atoms. The second-order valence-corrected chi connectivity index (χ2v) is 5.37. The largest absolute Gasteiger partial charge is 0.396 e. The number of hydrogen-bond donors (Lipinski definition) is 2. The first-order chi connectivity index (χ1) is 8.49. The van der Waals surface area contributed by atoms with Crippen molar-refractivity contribution in [3.05, 3.63) is 17.7 Å². The summed E-state index contributed by atoms with van der Waals surface area (Å²) in [5.74, 6) is 1.96. The normalized spacial score (nSPS) is 22.0. The summed E-state index contributed by atoms with van der Waals surface area (Å²) < 4.78 is 0. The molecule has 5 heteroatoms. The van der Waals surface area contributed by atoms with Gasteiger partial charge < -0.3 is 11.1 Å². The van der Waals surface area contributed by atoms with Crippen molar-refractivity contribution in [3.63, 3.8) is 0 Å². The highest BCUT2D eigenvalue weighted by Crippen LogP contribution is 2.36. The first-order valence-corrected chi connectivity index (χ1v) is 6.39. The minimum Gasteiger partial charge on any atom is -0.396 e. The number of nitrogen functional groups attached to an aromatic ring is 1. The third-order valence-corrected chi connectivity index (χ3v) is 3.37. The molecule has 1 aromatic rings. The lowest BCUT2D eigenvalue weighted by atomic mass is 10.2. The maximum Gasteiger partial charge on any atom is 0.272 e. The van der Waals surface area contributed by atoms with Crippen LogP contribution in [0.3, 0.4) is 0 Å². The Balaban J connectivity index is 2.06. The van der Waals surface area contributed by atoms with Gasteiger partial charge in [-0.1, -0.05) is 20.8 Å². The Morgan fingerprint density at radius 1 is 1.61 bits per heavy atom. The maximum atomic E-state index is 12.0. The van der Waals surface area contributed by atoms with E-state index in [1.807, 2.05) is 13.8 Å². The van der Waals surface area contributed by atoms with Crippen molar-refractivity contribution in [2.24, 2.45) is 11.8 Å². The van der Waals surface area contributed by atoms with Gasteiger partial charge in [-0.15, -0.1) is 0 Å². The molecular formula is C13H20N4O. The van der Waals surface area contributed by atoms with Crippen molar-refractivity contribution in [2.45, 2.75) is 33.1 Å². The molecule has 2 rings (SSSR count). The van der Waals surface area contributed by atoms with Crippen LogP contribution in [-0.2, 0) is 0 Å². The molecule has 98 valence electrons. The fourth-order valence-electron chi connectivity index (χ4n) is 1.86. The number of rotatable bonds is 4. The van der Waals surface area contributed by atoms with Gasteiger partial charge in [-0.05, 0) is 18.3 Å². The average Bonchev–Trinajstić information content (AvgIpc) is 3.02. The molecule has 5 nitrogen and oxygen atoms in total. The van der Waals surface area contributed by atoms with Crippen molar-refractivity contribution < 1.29 is 4.79 Å². The number of carbonyl (C=O) groups excluding carboxylic acids is 1. The molecule has 1 saturated carbocycles. The Bertz CT molecular complexity index is 458. The molecule has 0 radical (unpaired) electrons. The lowest BCUT2D eigenvalue weighted by molar-refractivity contribution is 0.0947. The quantitative estimate of drug-likeness (QED) is 0.847. The van der Waals surface area contributed by atoms with Crippen molar-refractivity contribution in [2.75, 3.05) is 12.3 Å². The molecule has 3 N–H and O–H groups in total. The lowest BCUT2D eigenvalue weighted by Gasteiger charge is -2.09. The molecule has 2 unspecified atom stereocenters. The van der Waals surface area contributed by atoms with Crippen LogP contribution in [-0.4, -0.2) is 22.4 Å². The zero-order valence-electron chi connectivity index (χ0n) is 11.1. The summed E-state index contributed by atoms with van der Waals surface area (Å²) in [5.41, 5.74) is 6.38. The summed E-state index contributed by atoms with van der Waals surface area (Å²) >= 11 is 0. The predicted molar refractivity (Wildman–Crippen MR) is 70.1 cm³/mol. The van der Waals surface area contributed by atoms with Crippen LogP contribution in [0, 0.1) is 11.8 Å². The van der Waals surface area contributed by atoms with Crippen LogP contribution in [0.15, 0.2) is 6.20 Å². The molecule has 1 aliphatic carbocycles. The minimum atomic E-state index is -0.198. The number of amides is 1. The maximum absolute atomic E-state index is 12.0. The van der Waals surface area contributed by atoms with Gasteiger partial charge in [-0.3, -0.25) is 4.79 Å². The number of nitrogens with one attached hydrogen (secondary N) is 1. The van der Waals surface area contributed by atoms with Crippen LogP contribution in [0.4, 0.5) is 5.69 Å². The number of hydrogen-bond acceptors (Lipinski definition) is 4. The van der Waals surface area contributed by atoms with Crippen LogP contribution >= 0.6 is 0 Å². The van der Waals surface area contributed by atoms with E-state index >= 15 is 0 Å². The fraction of sp³-hybridized carbons (Fsp3) is 0.615. The Hall–Kier alpha value is -1.65. The van der Waals surface area contributed by atoms with Crippen LogP contribution in [0.5, 0.6) is 0 Å². The van der Waals surface area contributed by atoms with Crippen molar-refractivity contribution in [3.8, 4) is 0 Å². The molecule has 2 atom stereocenters. The molecule has 1 fully saturated rings. The second-order valence-electron chi connectivity index (χ2n) is 5.37. The SMILES string of the molecule is CC(C)c1ncc(N)c(C(=O)NCC2CC2C)n1. The zero-order chi connectivity index (χ0) is 13.3. The highest BCUT2D eigenvalue weighted by Gasteiger charge is 2.32. The van der Waals surface area contributed by atoms with Crippen LogP contribution in [0.2, 0.25) is 0 Å². The summed E-state index contributed by atoms with van der Waals surface area (Å²) in [4.78, 5) is 20.4. The van der Waals surface area contributed by atoms with Gasteiger partial charge in [0.25, 0.3) is 5.91 Å². The van der Waals surface area contributed by atoms with E-state index in [4.69, 9.17) is 5.73 Å². The van der Waals surface area contributed by atoms with Crippen molar-refractivity contribution >= 4 is 11.6 Å². The highest BCUT2D eigenvalue weighted by molar-refractivity contribution is 5.96. The standard InChI is InChI=1S/C13H20N4O/c1-7(2)12-15-6-10(14)11(17-12)13(18)16-5-9-4-8(9)3/h6-9H,4-5,14H2,1-3H3,(H,16,18). The zero-order valence-corrected chi connectivity index (χ0v) is 11.1. The van der Waals surface area contributed by atoms with Gasteiger partial charge in [-0.25, -0.2) is 9.97 Å². The van der Waals surface area contributed by atoms with Crippen LogP contribution in [0.25, 0.3) is 0 Å². The Labute approximate surface area is 107 Å². The third-order valence-electron chi connectivity index (χ3n) is 3.37. The monoisotopic (exact) mass is 248 g/mol. The second kappa shape index (κ2) is 4.92. The van der Waals surface area contributed by atoms with Gasteiger partial charge in [-0.2, -0.15) is 0 Å². The molecule has 0 bridgehead atoms. The van der Waals surface area contributed by atoms with E-state index in [2.05, 4.69) is 22.2 Å². The molecule has 18 heavy (non-hydrogen) atoms. The Kier molecular flexibility index (Phi) is 3.50. The summed E-state index contributed by atoms with van der Waals surface area (Å²) in [6, 6.07) is 0. The first-order valence-electron chi connectivity index (χ1n) is 6.39. The first kappa shape index (κ1) is 12.8. The number of anilines is 1. The van der Waals surface area contributed by atoms with E-state index in [0.29, 0.717) is 29.7 Å². The number of nitrogens with zero attached hydrogens (tertiary/aromatic N) is 2. The van der Waals surface area contributed by atoms with E-state index in [1.165, 1.54) is 12.6 Å². The van der Waals surface area contributed by atoms with Gasteiger partial charge in [0, 0.05) is 12.5 Å². The fourth-order valence-corrected chi connectivity index (χ4v) is 1.86. The van der Waals surface area contributed by atoms with E-state index in [1.54, 1.807) is 0 Å².